The Kier molecular flexibility index (Phi) is 7.51. The van der Waals surface area contributed by atoms with Crippen LogP contribution >= 0.6 is 0 Å². The van der Waals surface area contributed by atoms with Gasteiger partial charge in [-0.05, 0) is 65.9 Å². The summed E-state index contributed by atoms with van der Waals surface area (Å²) in [5.74, 6) is 0.562. The zero-order chi connectivity index (χ0) is 24.8. The Morgan fingerprint density at radius 3 is 2.40 bits per heavy atom. The first kappa shape index (κ1) is 24.1. The van der Waals surface area contributed by atoms with Crippen molar-refractivity contribution in [3.8, 4) is 11.4 Å². The highest BCUT2D eigenvalue weighted by molar-refractivity contribution is 5.96. The molecule has 1 aromatic heterocycles. The molecule has 35 heavy (non-hydrogen) atoms. The maximum Gasteiger partial charge on any atom is 0.337 e. The third-order valence-corrected chi connectivity index (χ3v) is 5.98. The summed E-state index contributed by atoms with van der Waals surface area (Å²) in [6.07, 6.45) is 2.66. The molecule has 0 radical (unpaired) electrons. The van der Waals surface area contributed by atoms with Gasteiger partial charge in [0.05, 0.1) is 18.2 Å². The number of hydrogen-bond acceptors (Lipinski definition) is 4. The van der Waals surface area contributed by atoms with E-state index in [1.54, 1.807) is 6.07 Å². The van der Waals surface area contributed by atoms with Crippen LogP contribution < -0.4 is 10.1 Å². The van der Waals surface area contributed by atoms with Crippen molar-refractivity contribution in [2.45, 2.75) is 26.2 Å². The number of ether oxygens (including phenoxy) is 2. The molecule has 0 aliphatic rings. The van der Waals surface area contributed by atoms with Crippen LogP contribution in [0.5, 0.6) is 5.75 Å². The lowest BCUT2D eigenvalue weighted by atomic mass is 10.0. The number of esters is 1. The van der Waals surface area contributed by atoms with Crippen LogP contribution in [0.25, 0.3) is 16.6 Å². The van der Waals surface area contributed by atoms with E-state index in [9.17, 15) is 9.59 Å². The minimum absolute atomic E-state index is 0.0424. The number of methoxy groups -OCH3 is 1. The summed E-state index contributed by atoms with van der Waals surface area (Å²) in [4.78, 5) is 24.4. The molecule has 0 fully saturated rings. The quantitative estimate of drug-likeness (QED) is 0.338. The van der Waals surface area contributed by atoms with E-state index < -0.39 is 0 Å². The van der Waals surface area contributed by atoms with Crippen LogP contribution in [-0.4, -0.2) is 36.7 Å². The predicted octanol–water partition coefficient (Wildman–Crippen LogP) is 5.28. The van der Waals surface area contributed by atoms with E-state index in [0.717, 1.165) is 22.2 Å². The summed E-state index contributed by atoms with van der Waals surface area (Å²) in [6.45, 7) is 4.68. The highest BCUT2D eigenvalue weighted by atomic mass is 16.5. The van der Waals surface area contributed by atoms with E-state index in [2.05, 4.69) is 29.9 Å². The predicted molar refractivity (Wildman–Crippen MR) is 137 cm³/mol. The van der Waals surface area contributed by atoms with E-state index in [4.69, 9.17) is 9.47 Å². The van der Waals surface area contributed by atoms with Crippen molar-refractivity contribution in [1.29, 1.82) is 0 Å². The first-order valence-corrected chi connectivity index (χ1v) is 11.7. The second kappa shape index (κ2) is 10.9. The molecule has 4 aromatic rings. The van der Waals surface area contributed by atoms with Crippen LogP contribution in [0, 0.1) is 0 Å². The van der Waals surface area contributed by atoms with Crippen molar-refractivity contribution in [2.24, 2.45) is 0 Å². The molecule has 1 N–H and O–H groups in total. The molecule has 0 aliphatic carbocycles. The Labute approximate surface area is 205 Å². The standard InChI is InChI=1S/C29H30N2O4/c1-20(2)21-9-12-25(13-10-21)35-19-28(32)30-16-15-23-18-31(24-7-5-4-6-8-24)27-14-11-22(17-26(23)27)29(33)34-3/h4-14,17-18,20H,15-16,19H2,1-3H3,(H,30,32). The molecule has 180 valence electrons. The molecule has 0 bridgehead atoms. The zero-order valence-corrected chi connectivity index (χ0v) is 20.3. The Morgan fingerprint density at radius 2 is 1.71 bits per heavy atom. The Morgan fingerprint density at radius 1 is 0.971 bits per heavy atom. The second-order valence-electron chi connectivity index (χ2n) is 8.70. The highest BCUT2D eigenvalue weighted by Crippen LogP contribution is 2.27. The average Bonchev–Trinajstić information content (AvgIpc) is 3.25. The molecule has 0 aliphatic heterocycles. The van der Waals surface area contributed by atoms with Crippen LogP contribution in [0.2, 0.25) is 0 Å². The molecular formula is C29H30N2O4. The first-order chi connectivity index (χ1) is 17.0. The fourth-order valence-electron chi connectivity index (χ4n) is 4.03. The number of fused-ring (bicyclic) bond motifs is 1. The molecule has 0 unspecified atom stereocenters. The smallest absolute Gasteiger partial charge is 0.337 e. The number of aromatic nitrogens is 1. The van der Waals surface area contributed by atoms with Crippen molar-refractivity contribution < 1.29 is 19.1 Å². The summed E-state index contributed by atoms with van der Waals surface area (Å²) < 4.78 is 12.6. The van der Waals surface area contributed by atoms with E-state index in [-0.39, 0.29) is 18.5 Å². The molecule has 3 aromatic carbocycles. The maximum absolute atomic E-state index is 12.4. The molecule has 0 atom stereocenters. The average molecular weight is 471 g/mol. The van der Waals surface area contributed by atoms with Crippen LogP contribution in [0.3, 0.4) is 0 Å². The number of para-hydroxylation sites is 1. The minimum atomic E-state index is -0.378. The van der Waals surface area contributed by atoms with Crippen LogP contribution in [0.4, 0.5) is 0 Å². The van der Waals surface area contributed by atoms with Crippen LogP contribution in [0.15, 0.2) is 79.0 Å². The van der Waals surface area contributed by atoms with Gasteiger partial charge in [0.2, 0.25) is 0 Å². The van der Waals surface area contributed by atoms with Gasteiger partial charge in [-0.25, -0.2) is 4.79 Å². The minimum Gasteiger partial charge on any atom is -0.484 e. The van der Waals surface area contributed by atoms with Gasteiger partial charge in [-0.2, -0.15) is 0 Å². The normalized spacial score (nSPS) is 11.0. The molecule has 1 heterocycles. The lowest BCUT2D eigenvalue weighted by Crippen LogP contribution is -2.30. The van der Waals surface area contributed by atoms with Crippen molar-refractivity contribution >= 4 is 22.8 Å². The SMILES string of the molecule is COC(=O)c1ccc2c(c1)c(CCNC(=O)COc1ccc(C(C)C)cc1)cn2-c1ccccc1. The van der Waals surface area contributed by atoms with Gasteiger partial charge < -0.3 is 19.4 Å². The fourth-order valence-corrected chi connectivity index (χ4v) is 4.03. The van der Waals surface area contributed by atoms with Crippen molar-refractivity contribution in [1.82, 2.24) is 9.88 Å². The number of carbonyl (C=O) groups is 2. The zero-order valence-electron chi connectivity index (χ0n) is 20.3. The van der Waals surface area contributed by atoms with Gasteiger partial charge in [0.25, 0.3) is 5.91 Å². The lowest BCUT2D eigenvalue weighted by Gasteiger charge is -2.09. The van der Waals surface area contributed by atoms with Crippen LogP contribution in [-0.2, 0) is 16.0 Å². The number of benzene rings is 3. The molecule has 1 amide bonds. The summed E-state index contributed by atoms with van der Waals surface area (Å²) in [7, 11) is 1.37. The molecule has 6 nitrogen and oxygen atoms in total. The van der Waals surface area contributed by atoms with Crippen molar-refractivity contribution in [3.05, 3.63) is 95.7 Å². The van der Waals surface area contributed by atoms with E-state index in [1.165, 1.54) is 12.7 Å². The molecule has 6 heteroatoms. The summed E-state index contributed by atoms with van der Waals surface area (Å²) in [5, 5.41) is 3.88. The number of hydrogen-bond donors (Lipinski definition) is 1. The summed E-state index contributed by atoms with van der Waals surface area (Å²) in [5.41, 5.74) is 4.76. The largest absolute Gasteiger partial charge is 0.484 e. The van der Waals surface area contributed by atoms with Gasteiger partial charge in [-0.15, -0.1) is 0 Å². The lowest BCUT2D eigenvalue weighted by molar-refractivity contribution is -0.123. The summed E-state index contributed by atoms with van der Waals surface area (Å²) >= 11 is 0. The molecule has 0 saturated heterocycles. The number of nitrogens with zero attached hydrogens (tertiary/aromatic N) is 1. The van der Waals surface area contributed by atoms with Crippen molar-refractivity contribution in [2.75, 3.05) is 20.3 Å². The highest BCUT2D eigenvalue weighted by Gasteiger charge is 2.14. The van der Waals surface area contributed by atoms with Gasteiger partial charge in [-0.1, -0.05) is 44.2 Å². The van der Waals surface area contributed by atoms with Gasteiger partial charge in [-0.3, -0.25) is 4.79 Å². The first-order valence-electron chi connectivity index (χ1n) is 11.7. The molecular weight excluding hydrogens is 440 g/mol. The third-order valence-electron chi connectivity index (χ3n) is 5.98. The maximum atomic E-state index is 12.4. The third kappa shape index (κ3) is 5.72. The number of nitrogens with one attached hydrogen (secondary N) is 1. The monoisotopic (exact) mass is 470 g/mol. The Bertz CT molecular complexity index is 1310. The second-order valence-corrected chi connectivity index (χ2v) is 8.70. The van der Waals surface area contributed by atoms with Gasteiger partial charge in [0.15, 0.2) is 6.61 Å². The van der Waals surface area contributed by atoms with Crippen LogP contribution in [0.1, 0.15) is 41.3 Å². The van der Waals surface area contributed by atoms with E-state index in [1.807, 2.05) is 66.7 Å². The molecule has 0 saturated carbocycles. The van der Waals surface area contributed by atoms with Gasteiger partial charge in [0.1, 0.15) is 5.75 Å². The van der Waals surface area contributed by atoms with E-state index in [0.29, 0.717) is 30.2 Å². The molecule has 0 spiro atoms. The van der Waals surface area contributed by atoms with Gasteiger partial charge >= 0.3 is 5.97 Å². The Balaban J connectivity index is 1.44. The molecule has 4 rings (SSSR count). The van der Waals surface area contributed by atoms with E-state index >= 15 is 0 Å². The Hall–Kier alpha value is -4.06. The number of amides is 1. The number of rotatable bonds is 9. The topological polar surface area (TPSA) is 69.6 Å². The number of carbonyl (C=O) groups excluding carboxylic acids is 2. The fraction of sp³-hybridized carbons (Fsp3) is 0.241. The van der Waals surface area contributed by atoms with Crippen molar-refractivity contribution in [3.63, 3.8) is 0 Å². The summed E-state index contributed by atoms with van der Waals surface area (Å²) in [6, 6.07) is 23.4. The van der Waals surface area contributed by atoms with Gasteiger partial charge in [0, 0.05) is 23.8 Å².